The second-order valence-corrected chi connectivity index (χ2v) is 4.70. The van der Waals surface area contributed by atoms with E-state index in [-0.39, 0.29) is 12.1 Å². The van der Waals surface area contributed by atoms with Crippen molar-refractivity contribution < 1.29 is 4.74 Å². The van der Waals surface area contributed by atoms with Crippen LogP contribution in [0.3, 0.4) is 0 Å². The smallest absolute Gasteiger partial charge is 0.105 e. The maximum absolute atomic E-state index is 5.92. The molecule has 4 nitrogen and oxygen atoms in total. The van der Waals surface area contributed by atoms with E-state index in [1.807, 2.05) is 4.68 Å². The molecular formula is C13H13N3O. The SMILES string of the molecule is c1ccc2c(c1)CC[C@H]1OCc3cnnn3[C@H]21. The van der Waals surface area contributed by atoms with Crippen LogP contribution in [0.2, 0.25) is 0 Å². The Kier molecular flexibility index (Phi) is 1.87. The van der Waals surface area contributed by atoms with Crippen LogP contribution in [0.4, 0.5) is 0 Å². The highest BCUT2D eigenvalue weighted by Crippen LogP contribution is 2.37. The van der Waals surface area contributed by atoms with Crippen molar-refractivity contribution in [2.24, 2.45) is 0 Å². The predicted octanol–water partition coefficient (Wildman–Crippen LogP) is 1.71. The van der Waals surface area contributed by atoms with Gasteiger partial charge in [0.2, 0.25) is 0 Å². The molecule has 2 atom stereocenters. The van der Waals surface area contributed by atoms with Crippen LogP contribution in [0.15, 0.2) is 30.5 Å². The molecule has 86 valence electrons. The van der Waals surface area contributed by atoms with Gasteiger partial charge >= 0.3 is 0 Å². The zero-order valence-corrected chi connectivity index (χ0v) is 9.41. The summed E-state index contributed by atoms with van der Waals surface area (Å²) in [5.74, 6) is 0. The van der Waals surface area contributed by atoms with Crippen molar-refractivity contribution in [3.8, 4) is 0 Å². The fourth-order valence-corrected chi connectivity index (χ4v) is 2.96. The van der Waals surface area contributed by atoms with Gasteiger partial charge in [-0.05, 0) is 24.0 Å². The second kappa shape index (κ2) is 3.40. The number of fused-ring (bicyclic) bond motifs is 5. The van der Waals surface area contributed by atoms with Crippen molar-refractivity contribution in [1.82, 2.24) is 15.0 Å². The summed E-state index contributed by atoms with van der Waals surface area (Å²) in [5, 5.41) is 8.23. The maximum Gasteiger partial charge on any atom is 0.105 e. The summed E-state index contributed by atoms with van der Waals surface area (Å²) in [6.07, 6.45) is 4.22. The van der Waals surface area contributed by atoms with Crippen LogP contribution in [-0.4, -0.2) is 21.1 Å². The van der Waals surface area contributed by atoms with Crippen LogP contribution >= 0.6 is 0 Å². The molecule has 0 fully saturated rings. The monoisotopic (exact) mass is 227 g/mol. The van der Waals surface area contributed by atoms with Gasteiger partial charge in [0.25, 0.3) is 0 Å². The van der Waals surface area contributed by atoms with Gasteiger partial charge in [-0.15, -0.1) is 5.10 Å². The van der Waals surface area contributed by atoms with E-state index in [4.69, 9.17) is 4.74 Å². The topological polar surface area (TPSA) is 39.9 Å². The van der Waals surface area contributed by atoms with Gasteiger partial charge in [-0.2, -0.15) is 0 Å². The number of rotatable bonds is 0. The lowest BCUT2D eigenvalue weighted by Gasteiger charge is -2.37. The lowest BCUT2D eigenvalue weighted by atomic mass is 9.85. The van der Waals surface area contributed by atoms with Crippen LogP contribution in [0.5, 0.6) is 0 Å². The molecule has 1 aromatic heterocycles. The minimum absolute atomic E-state index is 0.214. The van der Waals surface area contributed by atoms with Gasteiger partial charge in [0, 0.05) is 0 Å². The lowest BCUT2D eigenvalue weighted by molar-refractivity contribution is -0.0250. The summed E-state index contributed by atoms with van der Waals surface area (Å²) < 4.78 is 7.96. The van der Waals surface area contributed by atoms with Crippen LogP contribution < -0.4 is 0 Å². The Morgan fingerprint density at radius 2 is 2.24 bits per heavy atom. The third kappa shape index (κ3) is 1.27. The number of nitrogens with zero attached hydrogens (tertiary/aromatic N) is 3. The minimum Gasteiger partial charge on any atom is -0.369 e. The van der Waals surface area contributed by atoms with Gasteiger partial charge in [-0.1, -0.05) is 29.5 Å². The average Bonchev–Trinajstić information content (AvgIpc) is 2.86. The van der Waals surface area contributed by atoms with Crippen LogP contribution in [0.1, 0.15) is 29.3 Å². The van der Waals surface area contributed by atoms with E-state index in [1.54, 1.807) is 6.20 Å². The summed E-state index contributed by atoms with van der Waals surface area (Å²) in [4.78, 5) is 0. The van der Waals surface area contributed by atoms with Gasteiger partial charge < -0.3 is 4.74 Å². The summed E-state index contributed by atoms with van der Waals surface area (Å²) in [6, 6.07) is 8.80. The lowest BCUT2D eigenvalue weighted by Crippen LogP contribution is -2.38. The molecule has 1 aromatic carbocycles. The molecule has 1 aliphatic heterocycles. The molecule has 0 unspecified atom stereocenters. The Balaban J connectivity index is 1.91. The van der Waals surface area contributed by atoms with E-state index in [9.17, 15) is 0 Å². The number of aryl methyl sites for hydroxylation is 1. The molecule has 2 aromatic rings. The molecule has 2 heterocycles. The highest BCUT2D eigenvalue weighted by atomic mass is 16.5. The zero-order valence-electron chi connectivity index (χ0n) is 9.41. The molecule has 0 saturated heterocycles. The van der Waals surface area contributed by atoms with E-state index in [0.29, 0.717) is 6.61 Å². The van der Waals surface area contributed by atoms with Crippen molar-refractivity contribution in [3.05, 3.63) is 47.3 Å². The predicted molar refractivity (Wildman–Crippen MR) is 61.5 cm³/mol. The summed E-state index contributed by atoms with van der Waals surface area (Å²) >= 11 is 0. The number of ether oxygens (including phenoxy) is 1. The van der Waals surface area contributed by atoms with Crippen LogP contribution in [0, 0.1) is 0 Å². The largest absolute Gasteiger partial charge is 0.369 e. The maximum atomic E-state index is 5.92. The molecule has 17 heavy (non-hydrogen) atoms. The quantitative estimate of drug-likeness (QED) is 0.688. The molecule has 1 aliphatic carbocycles. The van der Waals surface area contributed by atoms with Gasteiger partial charge in [0.05, 0.1) is 24.6 Å². The molecule has 4 rings (SSSR count). The second-order valence-electron chi connectivity index (χ2n) is 4.70. The molecule has 0 bridgehead atoms. The van der Waals surface area contributed by atoms with E-state index < -0.39 is 0 Å². The number of benzene rings is 1. The number of hydrogen-bond acceptors (Lipinski definition) is 3. The Morgan fingerprint density at radius 3 is 3.24 bits per heavy atom. The van der Waals surface area contributed by atoms with Gasteiger partial charge in [0.15, 0.2) is 0 Å². The molecule has 2 aliphatic rings. The molecule has 0 N–H and O–H groups in total. The summed E-state index contributed by atoms with van der Waals surface area (Å²) in [7, 11) is 0. The fourth-order valence-electron chi connectivity index (χ4n) is 2.96. The number of aromatic nitrogens is 3. The Morgan fingerprint density at radius 1 is 1.29 bits per heavy atom. The van der Waals surface area contributed by atoms with Crippen molar-refractivity contribution in [1.29, 1.82) is 0 Å². The Labute approximate surface area is 99.2 Å². The van der Waals surface area contributed by atoms with Crippen molar-refractivity contribution in [2.75, 3.05) is 0 Å². The van der Waals surface area contributed by atoms with Crippen molar-refractivity contribution in [2.45, 2.75) is 31.6 Å². The van der Waals surface area contributed by atoms with Crippen molar-refractivity contribution >= 4 is 0 Å². The molecule has 0 saturated carbocycles. The molecule has 0 amide bonds. The third-order valence-electron chi connectivity index (χ3n) is 3.78. The van der Waals surface area contributed by atoms with E-state index in [2.05, 4.69) is 34.6 Å². The molecular weight excluding hydrogens is 214 g/mol. The molecule has 0 spiro atoms. The standard InChI is InChI=1S/C13H13N3O/c1-2-4-11-9(3-1)5-6-12-13(11)16-10(8-17-12)7-14-15-16/h1-4,7,12-13H,5-6,8H2/t12-,13-/m1/s1. The van der Waals surface area contributed by atoms with Gasteiger partial charge in [-0.25, -0.2) is 4.68 Å². The van der Waals surface area contributed by atoms with E-state index in [0.717, 1.165) is 18.5 Å². The first-order valence-electron chi connectivity index (χ1n) is 6.02. The average molecular weight is 227 g/mol. The highest BCUT2D eigenvalue weighted by molar-refractivity contribution is 5.34. The van der Waals surface area contributed by atoms with Crippen LogP contribution in [-0.2, 0) is 17.8 Å². The van der Waals surface area contributed by atoms with E-state index >= 15 is 0 Å². The van der Waals surface area contributed by atoms with E-state index in [1.165, 1.54) is 11.1 Å². The molecule has 0 radical (unpaired) electrons. The first-order chi connectivity index (χ1) is 8.43. The van der Waals surface area contributed by atoms with Crippen molar-refractivity contribution in [3.63, 3.8) is 0 Å². The molecule has 4 heteroatoms. The first-order valence-corrected chi connectivity index (χ1v) is 6.02. The van der Waals surface area contributed by atoms with Gasteiger partial charge in [-0.3, -0.25) is 0 Å². The fraction of sp³-hybridized carbons (Fsp3) is 0.385. The van der Waals surface area contributed by atoms with Gasteiger partial charge in [0.1, 0.15) is 6.04 Å². The number of hydrogen-bond donors (Lipinski definition) is 0. The zero-order chi connectivity index (χ0) is 11.2. The summed E-state index contributed by atoms with van der Waals surface area (Å²) in [6.45, 7) is 0.635. The Hall–Kier alpha value is -1.68. The minimum atomic E-state index is 0.214. The normalized spacial score (nSPS) is 25.9. The Bertz CT molecular complexity index is 563. The highest BCUT2D eigenvalue weighted by Gasteiger charge is 2.36. The third-order valence-corrected chi connectivity index (χ3v) is 3.78. The van der Waals surface area contributed by atoms with Crippen LogP contribution in [0.25, 0.3) is 0 Å². The summed E-state index contributed by atoms with van der Waals surface area (Å²) in [5.41, 5.74) is 3.83. The first kappa shape index (κ1) is 9.36.